The lowest BCUT2D eigenvalue weighted by Gasteiger charge is -2.14. The van der Waals surface area contributed by atoms with Crippen molar-refractivity contribution >= 4 is 5.91 Å². The largest absolute Gasteiger partial charge is 0.490 e. The molecule has 0 radical (unpaired) electrons. The second-order valence-corrected chi connectivity index (χ2v) is 3.62. The average molecular weight is 252 g/mol. The predicted molar refractivity (Wildman–Crippen MR) is 69.7 cm³/mol. The smallest absolute Gasteiger partial charge is 0.257 e. The number of carbonyl (C=O) groups is 1. The molecular weight excluding hydrogens is 232 g/mol. The van der Waals surface area contributed by atoms with Crippen molar-refractivity contribution < 1.29 is 14.3 Å². The topological polar surface area (TPSA) is 73.6 Å². The first-order chi connectivity index (χ1) is 8.72. The van der Waals surface area contributed by atoms with Gasteiger partial charge in [-0.3, -0.25) is 4.79 Å². The number of rotatable bonds is 7. The zero-order chi connectivity index (χ0) is 13.4. The second-order valence-electron chi connectivity index (χ2n) is 3.62. The highest BCUT2D eigenvalue weighted by molar-refractivity contribution is 5.77. The predicted octanol–water partition coefficient (Wildman–Crippen LogP) is 1.06. The van der Waals surface area contributed by atoms with Gasteiger partial charge in [-0.25, -0.2) is 0 Å². The Morgan fingerprint density at radius 3 is 2.72 bits per heavy atom. The average Bonchev–Trinajstić information content (AvgIpc) is 2.37. The van der Waals surface area contributed by atoms with Crippen LogP contribution in [0.1, 0.15) is 19.4 Å². The summed E-state index contributed by atoms with van der Waals surface area (Å²) >= 11 is 0. The maximum atomic E-state index is 11.4. The van der Waals surface area contributed by atoms with E-state index in [1.54, 1.807) is 6.07 Å². The summed E-state index contributed by atoms with van der Waals surface area (Å²) in [5, 5.41) is 2.67. The number of amides is 1. The summed E-state index contributed by atoms with van der Waals surface area (Å²) in [7, 11) is 0. The fraction of sp³-hybridized carbons (Fsp3) is 0.462. The molecule has 0 aliphatic carbocycles. The molecule has 0 unspecified atom stereocenters. The van der Waals surface area contributed by atoms with Gasteiger partial charge >= 0.3 is 0 Å². The fourth-order valence-corrected chi connectivity index (χ4v) is 1.54. The number of nitrogens with one attached hydrogen (secondary N) is 1. The SMILES string of the molecule is CCNC(=O)COc1c(CN)cccc1OCC. The quantitative estimate of drug-likeness (QED) is 0.761. The Labute approximate surface area is 107 Å². The van der Waals surface area contributed by atoms with Gasteiger partial charge in [0.15, 0.2) is 18.1 Å². The van der Waals surface area contributed by atoms with Gasteiger partial charge < -0.3 is 20.5 Å². The van der Waals surface area contributed by atoms with Crippen molar-refractivity contribution in [1.82, 2.24) is 5.32 Å². The van der Waals surface area contributed by atoms with E-state index in [2.05, 4.69) is 5.32 Å². The van der Waals surface area contributed by atoms with E-state index in [4.69, 9.17) is 15.2 Å². The van der Waals surface area contributed by atoms with Crippen LogP contribution in [-0.4, -0.2) is 25.7 Å². The van der Waals surface area contributed by atoms with Crippen LogP contribution in [0.4, 0.5) is 0 Å². The van der Waals surface area contributed by atoms with Crippen molar-refractivity contribution in [3.8, 4) is 11.5 Å². The number of para-hydroxylation sites is 1. The molecule has 1 amide bonds. The van der Waals surface area contributed by atoms with Gasteiger partial charge in [0, 0.05) is 18.7 Å². The van der Waals surface area contributed by atoms with Crippen molar-refractivity contribution in [2.24, 2.45) is 5.73 Å². The molecular formula is C13H20N2O3. The van der Waals surface area contributed by atoms with E-state index in [0.717, 1.165) is 5.56 Å². The third-order valence-corrected chi connectivity index (χ3v) is 2.30. The van der Waals surface area contributed by atoms with Gasteiger partial charge in [-0.2, -0.15) is 0 Å². The van der Waals surface area contributed by atoms with Crippen molar-refractivity contribution in [3.63, 3.8) is 0 Å². The number of nitrogens with two attached hydrogens (primary N) is 1. The standard InChI is InChI=1S/C13H20N2O3/c1-3-15-12(16)9-18-13-10(8-14)6-5-7-11(13)17-4-2/h5-7H,3-4,8-9,14H2,1-2H3,(H,15,16). The molecule has 0 saturated carbocycles. The molecule has 18 heavy (non-hydrogen) atoms. The van der Waals surface area contributed by atoms with E-state index in [9.17, 15) is 4.79 Å². The summed E-state index contributed by atoms with van der Waals surface area (Å²) in [5.41, 5.74) is 6.47. The van der Waals surface area contributed by atoms with Crippen molar-refractivity contribution in [3.05, 3.63) is 23.8 Å². The van der Waals surface area contributed by atoms with Crippen LogP contribution in [-0.2, 0) is 11.3 Å². The van der Waals surface area contributed by atoms with Gasteiger partial charge in [-0.1, -0.05) is 12.1 Å². The molecule has 5 nitrogen and oxygen atoms in total. The van der Waals surface area contributed by atoms with Crippen LogP contribution in [0, 0.1) is 0 Å². The minimum absolute atomic E-state index is 0.0368. The lowest BCUT2D eigenvalue weighted by Crippen LogP contribution is -2.28. The number of hydrogen-bond acceptors (Lipinski definition) is 4. The van der Waals surface area contributed by atoms with E-state index in [-0.39, 0.29) is 12.5 Å². The third kappa shape index (κ3) is 3.92. The summed E-state index contributed by atoms with van der Waals surface area (Å²) in [5.74, 6) is 1.00. The van der Waals surface area contributed by atoms with Crippen LogP contribution >= 0.6 is 0 Å². The molecule has 0 heterocycles. The molecule has 1 aromatic rings. The molecule has 0 aromatic heterocycles. The van der Waals surface area contributed by atoms with Crippen molar-refractivity contribution in [1.29, 1.82) is 0 Å². The summed E-state index contributed by atoms with van der Waals surface area (Å²) in [6.07, 6.45) is 0. The second kappa shape index (κ2) is 7.55. The Kier molecular flexibility index (Phi) is 6.00. The van der Waals surface area contributed by atoms with Crippen LogP contribution in [0.25, 0.3) is 0 Å². The van der Waals surface area contributed by atoms with Crippen LogP contribution in [0.15, 0.2) is 18.2 Å². The first-order valence-corrected chi connectivity index (χ1v) is 6.07. The van der Waals surface area contributed by atoms with Crippen LogP contribution in [0.3, 0.4) is 0 Å². The van der Waals surface area contributed by atoms with Crippen LogP contribution in [0.5, 0.6) is 11.5 Å². The molecule has 0 aliphatic heterocycles. The van der Waals surface area contributed by atoms with E-state index >= 15 is 0 Å². The number of carbonyl (C=O) groups excluding carboxylic acids is 1. The highest BCUT2D eigenvalue weighted by Gasteiger charge is 2.11. The Morgan fingerprint density at radius 1 is 1.33 bits per heavy atom. The normalized spacial score (nSPS) is 9.94. The Hall–Kier alpha value is -1.75. The van der Waals surface area contributed by atoms with E-state index in [1.165, 1.54) is 0 Å². The molecule has 0 aliphatic rings. The van der Waals surface area contributed by atoms with Crippen molar-refractivity contribution in [2.45, 2.75) is 20.4 Å². The first kappa shape index (κ1) is 14.3. The molecule has 1 rings (SSSR count). The Morgan fingerprint density at radius 2 is 2.11 bits per heavy atom. The maximum Gasteiger partial charge on any atom is 0.257 e. The number of likely N-dealkylation sites (N-methyl/N-ethyl adjacent to an activating group) is 1. The molecule has 0 atom stereocenters. The van der Waals surface area contributed by atoms with Gasteiger partial charge in [0.2, 0.25) is 0 Å². The summed E-state index contributed by atoms with van der Waals surface area (Å²) in [6, 6.07) is 5.51. The van der Waals surface area contributed by atoms with Gasteiger partial charge in [0.25, 0.3) is 5.91 Å². The molecule has 100 valence electrons. The lowest BCUT2D eigenvalue weighted by molar-refractivity contribution is -0.123. The molecule has 5 heteroatoms. The molecule has 0 fully saturated rings. The molecule has 0 spiro atoms. The highest BCUT2D eigenvalue weighted by Crippen LogP contribution is 2.31. The van der Waals surface area contributed by atoms with E-state index in [1.807, 2.05) is 26.0 Å². The number of ether oxygens (including phenoxy) is 2. The summed E-state index contributed by atoms with van der Waals surface area (Å²) in [4.78, 5) is 11.4. The molecule has 0 bridgehead atoms. The molecule has 0 saturated heterocycles. The minimum atomic E-state index is -0.160. The fourth-order valence-electron chi connectivity index (χ4n) is 1.54. The lowest BCUT2D eigenvalue weighted by atomic mass is 10.2. The Balaban J connectivity index is 2.80. The van der Waals surface area contributed by atoms with E-state index in [0.29, 0.717) is 31.2 Å². The van der Waals surface area contributed by atoms with Crippen LogP contribution < -0.4 is 20.5 Å². The molecule has 3 N–H and O–H groups in total. The van der Waals surface area contributed by atoms with Gasteiger partial charge in [0.1, 0.15) is 0 Å². The summed E-state index contributed by atoms with van der Waals surface area (Å²) in [6.45, 7) is 5.17. The van der Waals surface area contributed by atoms with E-state index < -0.39 is 0 Å². The maximum absolute atomic E-state index is 11.4. The number of hydrogen-bond donors (Lipinski definition) is 2. The zero-order valence-electron chi connectivity index (χ0n) is 10.9. The highest BCUT2D eigenvalue weighted by atomic mass is 16.5. The molecule has 1 aromatic carbocycles. The minimum Gasteiger partial charge on any atom is -0.490 e. The van der Waals surface area contributed by atoms with Crippen molar-refractivity contribution in [2.75, 3.05) is 19.8 Å². The van der Waals surface area contributed by atoms with Crippen LogP contribution in [0.2, 0.25) is 0 Å². The monoisotopic (exact) mass is 252 g/mol. The zero-order valence-corrected chi connectivity index (χ0v) is 10.9. The number of benzene rings is 1. The van der Waals surface area contributed by atoms with Gasteiger partial charge in [-0.05, 0) is 19.9 Å². The third-order valence-electron chi connectivity index (χ3n) is 2.30. The first-order valence-electron chi connectivity index (χ1n) is 6.07. The Bertz CT molecular complexity index is 394. The van der Waals surface area contributed by atoms with Gasteiger partial charge in [0.05, 0.1) is 6.61 Å². The summed E-state index contributed by atoms with van der Waals surface area (Å²) < 4.78 is 11.0. The van der Waals surface area contributed by atoms with Gasteiger partial charge in [-0.15, -0.1) is 0 Å².